The molecule has 1 aliphatic rings. The molecule has 2 aromatic carbocycles. The number of methoxy groups -OCH3 is 1. The molecular formula is C21H24N2O2. The third-order valence-corrected chi connectivity index (χ3v) is 5.09. The number of aryl methyl sites for hydroxylation is 1. The number of hydrogen-bond acceptors (Lipinski definition) is 3. The van der Waals surface area contributed by atoms with E-state index in [2.05, 4.69) is 53.3 Å². The fraction of sp³-hybridized carbons (Fsp3) is 0.333. The molecule has 0 saturated carbocycles. The Morgan fingerprint density at radius 2 is 1.84 bits per heavy atom. The molecule has 25 heavy (non-hydrogen) atoms. The van der Waals surface area contributed by atoms with Crippen molar-refractivity contribution in [1.82, 2.24) is 9.88 Å². The lowest BCUT2D eigenvalue weighted by atomic mass is 9.95. The van der Waals surface area contributed by atoms with Gasteiger partial charge in [-0.25, -0.2) is 0 Å². The fourth-order valence-corrected chi connectivity index (χ4v) is 3.84. The summed E-state index contributed by atoms with van der Waals surface area (Å²) in [6, 6.07) is 15.0. The van der Waals surface area contributed by atoms with Crippen LogP contribution < -0.4 is 4.74 Å². The van der Waals surface area contributed by atoms with Crippen LogP contribution in [0, 0.1) is 6.92 Å². The molecule has 0 aliphatic carbocycles. The van der Waals surface area contributed by atoms with Gasteiger partial charge in [0.15, 0.2) is 0 Å². The van der Waals surface area contributed by atoms with Crippen molar-refractivity contribution in [1.29, 1.82) is 0 Å². The maximum Gasteiger partial charge on any atom is 0.123 e. The van der Waals surface area contributed by atoms with Crippen molar-refractivity contribution < 1.29 is 9.47 Å². The summed E-state index contributed by atoms with van der Waals surface area (Å²) in [6.07, 6.45) is 2.16. The lowest BCUT2D eigenvalue weighted by Gasteiger charge is -2.35. The third kappa shape index (κ3) is 2.92. The molecule has 3 aromatic rings. The highest BCUT2D eigenvalue weighted by Crippen LogP contribution is 2.38. The summed E-state index contributed by atoms with van der Waals surface area (Å²) < 4.78 is 11.3. The normalized spacial score (nSPS) is 16.9. The molecule has 1 aliphatic heterocycles. The van der Waals surface area contributed by atoms with Gasteiger partial charge in [-0.3, -0.25) is 4.90 Å². The van der Waals surface area contributed by atoms with Gasteiger partial charge in [-0.05, 0) is 24.1 Å². The minimum absolute atomic E-state index is 0.149. The number of morpholine rings is 1. The van der Waals surface area contributed by atoms with Crippen LogP contribution in [0.1, 0.15) is 22.7 Å². The summed E-state index contributed by atoms with van der Waals surface area (Å²) in [6.45, 7) is 5.53. The number of para-hydroxylation sites is 2. The van der Waals surface area contributed by atoms with Gasteiger partial charge in [-0.2, -0.15) is 0 Å². The Hall–Kier alpha value is -2.30. The van der Waals surface area contributed by atoms with Gasteiger partial charge in [0.1, 0.15) is 5.75 Å². The zero-order valence-corrected chi connectivity index (χ0v) is 14.8. The van der Waals surface area contributed by atoms with Gasteiger partial charge in [0.25, 0.3) is 0 Å². The summed E-state index contributed by atoms with van der Waals surface area (Å²) in [5.41, 5.74) is 4.98. The Kier molecular flexibility index (Phi) is 4.47. The van der Waals surface area contributed by atoms with Crippen molar-refractivity contribution in [3.63, 3.8) is 0 Å². The maximum absolute atomic E-state index is 5.68. The van der Waals surface area contributed by atoms with E-state index in [-0.39, 0.29) is 6.04 Å². The molecule has 0 bridgehead atoms. The topological polar surface area (TPSA) is 37.5 Å². The molecule has 1 N–H and O–H groups in total. The van der Waals surface area contributed by atoms with Crippen molar-refractivity contribution in [3.8, 4) is 5.75 Å². The second-order valence-corrected chi connectivity index (χ2v) is 6.53. The highest BCUT2D eigenvalue weighted by atomic mass is 16.5. The van der Waals surface area contributed by atoms with E-state index in [0.29, 0.717) is 0 Å². The molecule has 0 spiro atoms. The smallest absolute Gasteiger partial charge is 0.123 e. The van der Waals surface area contributed by atoms with Crippen LogP contribution in [0.3, 0.4) is 0 Å². The fourth-order valence-electron chi connectivity index (χ4n) is 3.84. The zero-order chi connectivity index (χ0) is 17.2. The molecule has 4 nitrogen and oxygen atoms in total. The van der Waals surface area contributed by atoms with E-state index >= 15 is 0 Å². The number of rotatable bonds is 4. The number of fused-ring (bicyclic) bond motifs is 1. The Morgan fingerprint density at radius 1 is 1.04 bits per heavy atom. The molecule has 1 fully saturated rings. The summed E-state index contributed by atoms with van der Waals surface area (Å²) in [4.78, 5) is 5.98. The molecular weight excluding hydrogens is 312 g/mol. The number of aromatic nitrogens is 1. The number of ether oxygens (including phenoxy) is 2. The highest BCUT2D eigenvalue weighted by Gasteiger charge is 2.28. The third-order valence-electron chi connectivity index (χ3n) is 5.09. The van der Waals surface area contributed by atoms with Crippen molar-refractivity contribution in [2.45, 2.75) is 13.0 Å². The van der Waals surface area contributed by atoms with E-state index in [0.717, 1.165) is 32.1 Å². The number of nitrogens with one attached hydrogen (secondary N) is 1. The number of hydrogen-bond donors (Lipinski definition) is 1. The lowest BCUT2D eigenvalue weighted by molar-refractivity contribution is 0.0238. The second-order valence-electron chi connectivity index (χ2n) is 6.53. The number of aromatic amines is 1. The van der Waals surface area contributed by atoms with Crippen molar-refractivity contribution in [3.05, 3.63) is 65.4 Å². The lowest BCUT2D eigenvalue weighted by Crippen LogP contribution is -2.39. The van der Waals surface area contributed by atoms with Crippen LogP contribution in [0.5, 0.6) is 5.75 Å². The molecule has 4 heteroatoms. The zero-order valence-electron chi connectivity index (χ0n) is 14.8. The van der Waals surface area contributed by atoms with Gasteiger partial charge in [0.2, 0.25) is 0 Å². The summed E-state index contributed by atoms with van der Waals surface area (Å²) >= 11 is 0. The summed E-state index contributed by atoms with van der Waals surface area (Å²) in [7, 11) is 1.74. The summed E-state index contributed by atoms with van der Waals surface area (Å²) in [5, 5.41) is 1.28. The first-order valence-corrected chi connectivity index (χ1v) is 8.81. The molecule has 1 atom stereocenters. The van der Waals surface area contributed by atoms with E-state index < -0.39 is 0 Å². The van der Waals surface area contributed by atoms with Gasteiger partial charge < -0.3 is 14.5 Å². The molecule has 4 rings (SSSR count). The van der Waals surface area contributed by atoms with Gasteiger partial charge >= 0.3 is 0 Å². The Labute approximate surface area is 148 Å². The van der Waals surface area contributed by atoms with Crippen LogP contribution in [-0.4, -0.2) is 43.3 Å². The van der Waals surface area contributed by atoms with Crippen LogP contribution in [-0.2, 0) is 4.74 Å². The molecule has 0 radical (unpaired) electrons. The molecule has 1 aromatic heterocycles. The quantitative estimate of drug-likeness (QED) is 0.785. The van der Waals surface area contributed by atoms with Gasteiger partial charge in [-0.15, -0.1) is 0 Å². The van der Waals surface area contributed by atoms with E-state index in [9.17, 15) is 0 Å². The van der Waals surface area contributed by atoms with E-state index in [1.54, 1.807) is 7.11 Å². The van der Waals surface area contributed by atoms with E-state index in [4.69, 9.17) is 9.47 Å². The molecule has 1 saturated heterocycles. The first-order valence-electron chi connectivity index (χ1n) is 8.81. The van der Waals surface area contributed by atoms with Crippen molar-refractivity contribution in [2.75, 3.05) is 33.4 Å². The van der Waals surface area contributed by atoms with Crippen LogP contribution in [0.25, 0.3) is 10.9 Å². The molecule has 130 valence electrons. The predicted octanol–water partition coefficient (Wildman–Crippen LogP) is 3.91. The SMILES string of the molecule is COc1ccccc1C(c1c[nH]c2c(C)cccc12)N1CCOCC1. The average Bonchev–Trinajstić information content (AvgIpc) is 3.09. The number of H-pyrrole nitrogens is 1. The van der Waals surface area contributed by atoms with E-state index in [1.165, 1.54) is 27.6 Å². The number of benzene rings is 2. The maximum atomic E-state index is 5.68. The van der Waals surface area contributed by atoms with Crippen LogP contribution >= 0.6 is 0 Å². The highest BCUT2D eigenvalue weighted by molar-refractivity contribution is 5.86. The molecule has 1 unspecified atom stereocenters. The number of nitrogens with zero attached hydrogens (tertiary/aromatic N) is 1. The van der Waals surface area contributed by atoms with Gasteiger partial charge in [0, 0.05) is 35.8 Å². The van der Waals surface area contributed by atoms with Crippen LogP contribution in [0.15, 0.2) is 48.7 Å². The van der Waals surface area contributed by atoms with Crippen molar-refractivity contribution >= 4 is 10.9 Å². The van der Waals surface area contributed by atoms with Gasteiger partial charge in [0.05, 0.1) is 26.4 Å². The van der Waals surface area contributed by atoms with E-state index in [1.807, 2.05) is 12.1 Å². The Morgan fingerprint density at radius 3 is 2.64 bits per heavy atom. The minimum Gasteiger partial charge on any atom is -0.496 e. The van der Waals surface area contributed by atoms with Gasteiger partial charge in [-0.1, -0.05) is 36.4 Å². The monoisotopic (exact) mass is 336 g/mol. The van der Waals surface area contributed by atoms with Crippen LogP contribution in [0.4, 0.5) is 0 Å². The molecule has 0 amide bonds. The average molecular weight is 336 g/mol. The molecule has 2 heterocycles. The largest absolute Gasteiger partial charge is 0.496 e. The standard InChI is InChI=1S/C21H24N2O2/c1-15-6-5-8-16-18(14-22-20(15)16)21(23-10-12-25-13-11-23)17-7-3-4-9-19(17)24-2/h3-9,14,21-22H,10-13H2,1-2H3. The second kappa shape index (κ2) is 6.90. The Balaban J connectivity index is 1.89. The van der Waals surface area contributed by atoms with Crippen molar-refractivity contribution in [2.24, 2.45) is 0 Å². The first-order chi connectivity index (χ1) is 12.3. The first kappa shape index (κ1) is 16.2. The Bertz CT molecular complexity index is 865. The predicted molar refractivity (Wildman–Crippen MR) is 100 cm³/mol. The van der Waals surface area contributed by atoms with Crippen LogP contribution in [0.2, 0.25) is 0 Å². The minimum atomic E-state index is 0.149. The summed E-state index contributed by atoms with van der Waals surface area (Å²) in [5.74, 6) is 0.931.